The van der Waals surface area contributed by atoms with Crippen LogP contribution in [0.5, 0.6) is 5.75 Å². The Kier molecular flexibility index (Phi) is 12.0. The summed E-state index contributed by atoms with van der Waals surface area (Å²) < 4.78 is 51.4. The monoisotopic (exact) mass is 687 g/mol. The number of carbonyl (C=O) groups is 1. The molecule has 248 valence electrons. The fraction of sp³-hybridized carbons (Fsp3) is 0.517. The van der Waals surface area contributed by atoms with Gasteiger partial charge in [-0.2, -0.15) is 0 Å². The molecule has 1 amide bonds. The molecule has 0 aliphatic heterocycles. The summed E-state index contributed by atoms with van der Waals surface area (Å²) in [6, 6.07) is 5.25. The lowest BCUT2D eigenvalue weighted by Gasteiger charge is -2.34. The normalized spacial score (nSPS) is 13.9. The molecule has 3 aromatic rings. The molecule has 0 saturated heterocycles. The highest BCUT2D eigenvalue weighted by molar-refractivity contribution is 7.48. The van der Waals surface area contributed by atoms with E-state index in [1.165, 1.54) is 24.3 Å². The van der Waals surface area contributed by atoms with E-state index in [1.54, 1.807) is 47.7 Å². The van der Waals surface area contributed by atoms with E-state index < -0.39 is 49.7 Å². The zero-order valence-corrected chi connectivity index (χ0v) is 29.1. The number of hydrogen-bond acceptors (Lipinski definition) is 11. The molecule has 0 saturated carbocycles. The summed E-state index contributed by atoms with van der Waals surface area (Å²) in [6.45, 7) is 15.1. The Morgan fingerprint density at radius 3 is 2.22 bits per heavy atom. The van der Waals surface area contributed by atoms with Crippen LogP contribution in [0.4, 0.5) is 15.0 Å². The summed E-state index contributed by atoms with van der Waals surface area (Å²) in [4.78, 5) is 15.9. The van der Waals surface area contributed by atoms with Crippen molar-refractivity contribution >= 4 is 42.7 Å². The number of benzene rings is 1. The van der Waals surface area contributed by atoms with Crippen LogP contribution >= 0.6 is 30.8 Å². The van der Waals surface area contributed by atoms with E-state index in [2.05, 4.69) is 25.8 Å². The summed E-state index contributed by atoms with van der Waals surface area (Å²) in [5.41, 5.74) is -0.778. The second-order valence-corrected chi connectivity index (χ2v) is 15.3. The highest BCUT2D eigenvalue weighted by Crippen LogP contribution is 2.56. The Labute approximate surface area is 271 Å². The lowest BCUT2D eigenvalue weighted by molar-refractivity contribution is -0.0162. The quantitative estimate of drug-likeness (QED) is 0.150. The first-order valence-electron chi connectivity index (χ1n) is 14.1. The van der Waals surface area contributed by atoms with Gasteiger partial charge in [0.25, 0.3) is 0 Å². The number of phosphoric acid groups is 1. The van der Waals surface area contributed by atoms with Gasteiger partial charge in [-0.1, -0.05) is 22.9 Å². The van der Waals surface area contributed by atoms with Crippen LogP contribution in [0, 0.1) is 5.82 Å². The summed E-state index contributed by atoms with van der Waals surface area (Å²) in [6.07, 6.45) is -0.813. The molecule has 2 heterocycles. The minimum atomic E-state index is -4.20. The number of carboxylic acid groups (broad SMARTS) is 1. The molecule has 0 unspecified atom stereocenters. The van der Waals surface area contributed by atoms with Gasteiger partial charge in [-0.25, -0.2) is 18.7 Å². The molecule has 0 radical (unpaired) electrons. The van der Waals surface area contributed by atoms with Gasteiger partial charge >= 0.3 is 13.9 Å². The van der Waals surface area contributed by atoms with E-state index in [4.69, 9.17) is 29.9 Å². The Hall–Kier alpha value is -2.87. The fourth-order valence-corrected chi connectivity index (χ4v) is 6.98. The number of nitrogens with zero attached hydrogens (tertiary/aromatic N) is 3. The standard InChI is InChI=1S/C29H40ClFN5O7PS/c1-16(2)33-24-11-10-18(14-32-24)25-35-36-26(45-25)19-12-21(31)23(13-20(19)30)40-15-22(34-27(37)38)17(3)41-44(39,42-28(4,5)6)43-29(7,8)9/h10-14,16-17,22,34H,15H2,1-9H3,(H,32,33)(H,37,38)/t17-,22+/m1/s1. The smallest absolute Gasteiger partial charge is 0.476 e. The zero-order valence-electron chi connectivity index (χ0n) is 26.7. The van der Waals surface area contributed by atoms with Crippen molar-refractivity contribution in [2.24, 2.45) is 0 Å². The van der Waals surface area contributed by atoms with Crippen molar-refractivity contribution in [1.82, 2.24) is 20.5 Å². The van der Waals surface area contributed by atoms with Gasteiger partial charge in [-0.3, -0.25) is 13.6 Å². The van der Waals surface area contributed by atoms with Gasteiger partial charge in [-0.15, -0.1) is 10.2 Å². The van der Waals surface area contributed by atoms with Gasteiger partial charge in [0.05, 0.1) is 28.4 Å². The molecule has 0 fully saturated rings. The molecule has 0 aliphatic carbocycles. The number of nitrogens with one attached hydrogen (secondary N) is 2. The van der Waals surface area contributed by atoms with Crippen LogP contribution in [0.15, 0.2) is 30.5 Å². The van der Waals surface area contributed by atoms with E-state index in [1.807, 2.05) is 26.0 Å². The van der Waals surface area contributed by atoms with Crippen molar-refractivity contribution in [2.45, 2.75) is 91.7 Å². The molecule has 1 aromatic carbocycles. The molecular weight excluding hydrogens is 648 g/mol. The molecule has 3 N–H and O–H groups in total. The van der Waals surface area contributed by atoms with E-state index in [-0.39, 0.29) is 16.8 Å². The van der Waals surface area contributed by atoms with E-state index in [0.717, 1.165) is 17.4 Å². The second kappa shape index (κ2) is 14.7. The third kappa shape index (κ3) is 11.5. The minimum absolute atomic E-state index is 0.136. The number of amides is 1. The number of rotatable bonds is 13. The first kappa shape index (κ1) is 36.6. The SMILES string of the molecule is CC(C)Nc1ccc(-c2nnc(-c3cc(F)c(OC[C@H](NC(=O)O)[C@@H](C)OP(=O)(OC(C)(C)C)OC(C)(C)C)cc3Cl)s2)cn1. The topological polar surface area (TPSA) is 154 Å². The average Bonchev–Trinajstić information content (AvgIpc) is 3.35. The predicted molar refractivity (Wildman–Crippen MR) is 173 cm³/mol. The van der Waals surface area contributed by atoms with Gasteiger partial charge < -0.3 is 20.5 Å². The third-order valence-electron chi connectivity index (χ3n) is 5.48. The number of anilines is 1. The number of ether oxygens (including phenoxy) is 1. The highest BCUT2D eigenvalue weighted by Gasteiger charge is 2.40. The maximum absolute atomic E-state index is 15.3. The Morgan fingerprint density at radius 1 is 1.07 bits per heavy atom. The van der Waals surface area contributed by atoms with Gasteiger partial charge in [0, 0.05) is 29.4 Å². The molecule has 45 heavy (non-hydrogen) atoms. The summed E-state index contributed by atoms with van der Waals surface area (Å²) in [7, 11) is -4.20. The summed E-state index contributed by atoms with van der Waals surface area (Å²) in [5, 5.41) is 24.4. The minimum Gasteiger partial charge on any atom is -0.488 e. The van der Waals surface area contributed by atoms with Crippen LogP contribution < -0.4 is 15.4 Å². The average molecular weight is 688 g/mol. The number of phosphoric ester groups is 1. The third-order valence-corrected chi connectivity index (χ3v) is 8.94. The first-order valence-corrected chi connectivity index (χ1v) is 16.8. The van der Waals surface area contributed by atoms with Crippen LogP contribution in [0.25, 0.3) is 21.1 Å². The Morgan fingerprint density at radius 2 is 1.69 bits per heavy atom. The van der Waals surface area contributed by atoms with Gasteiger partial charge in [0.2, 0.25) is 0 Å². The zero-order chi connectivity index (χ0) is 33.7. The number of pyridine rings is 1. The predicted octanol–water partition coefficient (Wildman–Crippen LogP) is 8.04. The summed E-state index contributed by atoms with van der Waals surface area (Å²) in [5.74, 6) is -0.279. The van der Waals surface area contributed by atoms with E-state index >= 15 is 4.39 Å². The molecule has 2 aromatic heterocycles. The molecular formula is C29H40ClFN5O7PS. The second-order valence-electron chi connectivity index (χ2n) is 12.4. The fourth-order valence-electron chi connectivity index (χ4n) is 3.80. The van der Waals surface area contributed by atoms with Gasteiger partial charge in [-0.05, 0) is 80.5 Å². The Balaban J connectivity index is 1.77. The van der Waals surface area contributed by atoms with Crippen LogP contribution in [0.1, 0.15) is 62.3 Å². The number of halogens is 2. The lowest BCUT2D eigenvalue weighted by atomic mass is 10.2. The van der Waals surface area contributed by atoms with Gasteiger partial charge in [0.15, 0.2) is 11.6 Å². The molecule has 16 heteroatoms. The lowest BCUT2D eigenvalue weighted by Crippen LogP contribution is -2.46. The molecule has 12 nitrogen and oxygen atoms in total. The maximum Gasteiger partial charge on any atom is 0.476 e. The first-order chi connectivity index (χ1) is 20.7. The molecule has 3 rings (SSSR count). The van der Waals surface area contributed by atoms with Crippen molar-refractivity contribution in [3.63, 3.8) is 0 Å². The van der Waals surface area contributed by atoms with Crippen LogP contribution in [-0.2, 0) is 18.1 Å². The molecule has 0 bridgehead atoms. The molecule has 2 atom stereocenters. The molecule has 0 spiro atoms. The maximum atomic E-state index is 15.3. The van der Waals surface area contributed by atoms with Crippen molar-refractivity contribution in [1.29, 1.82) is 0 Å². The Bertz CT molecular complexity index is 1490. The van der Waals surface area contributed by atoms with Crippen molar-refractivity contribution in [2.75, 3.05) is 11.9 Å². The van der Waals surface area contributed by atoms with Crippen molar-refractivity contribution in [3.05, 3.63) is 41.3 Å². The number of aromatic nitrogens is 3. The van der Waals surface area contributed by atoms with E-state index in [0.29, 0.717) is 15.6 Å². The number of hydrogen-bond donors (Lipinski definition) is 3. The van der Waals surface area contributed by atoms with Crippen LogP contribution in [0.3, 0.4) is 0 Å². The van der Waals surface area contributed by atoms with E-state index in [9.17, 15) is 14.5 Å². The van der Waals surface area contributed by atoms with Crippen molar-refractivity contribution in [3.8, 4) is 26.9 Å². The van der Waals surface area contributed by atoms with Gasteiger partial charge in [0.1, 0.15) is 22.4 Å². The largest absolute Gasteiger partial charge is 0.488 e. The summed E-state index contributed by atoms with van der Waals surface area (Å²) >= 11 is 7.71. The highest BCUT2D eigenvalue weighted by atomic mass is 35.5. The van der Waals surface area contributed by atoms with Crippen LogP contribution in [-0.4, -0.2) is 62.4 Å². The molecule has 0 aliphatic rings. The van der Waals surface area contributed by atoms with Crippen LogP contribution in [0.2, 0.25) is 5.02 Å². The van der Waals surface area contributed by atoms with Crippen molar-refractivity contribution < 1.29 is 37.2 Å².